The summed E-state index contributed by atoms with van der Waals surface area (Å²) >= 11 is 0. The van der Waals surface area contributed by atoms with E-state index in [2.05, 4.69) is 22.6 Å². The Hall–Kier alpha value is -0.120. The zero-order valence-electron chi connectivity index (χ0n) is 10.7. The Morgan fingerprint density at radius 3 is 2.88 bits per heavy atom. The van der Waals surface area contributed by atoms with Gasteiger partial charge >= 0.3 is 0 Å². The predicted octanol–water partition coefficient (Wildman–Crippen LogP) is 1.06. The lowest BCUT2D eigenvalue weighted by atomic mass is 10.1. The third kappa shape index (κ3) is 4.04. The van der Waals surface area contributed by atoms with Crippen LogP contribution in [0.3, 0.4) is 0 Å². The first kappa shape index (κ1) is 12.3. The lowest BCUT2D eigenvalue weighted by Gasteiger charge is -2.31. The summed E-state index contributed by atoms with van der Waals surface area (Å²) in [7, 11) is 2.22. The highest BCUT2D eigenvalue weighted by Gasteiger charge is 2.17. The highest BCUT2D eigenvalue weighted by Crippen LogP contribution is 2.23. The Morgan fingerprint density at radius 2 is 2.12 bits per heavy atom. The van der Waals surface area contributed by atoms with Crippen molar-refractivity contribution in [1.82, 2.24) is 15.5 Å². The van der Waals surface area contributed by atoms with Crippen LogP contribution in [0.2, 0.25) is 0 Å². The minimum atomic E-state index is 0.704. The second kappa shape index (κ2) is 6.58. The average molecular weight is 225 g/mol. The molecule has 0 radical (unpaired) electrons. The van der Waals surface area contributed by atoms with Gasteiger partial charge in [0.05, 0.1) is 0 Å². The van der Waals surface area contributed by atoms with Crippen molar-refractivity contribution >= 4 is 0 Å². The predicted molar refractivity (Wildman–Crippen MR) is 68.7 cm³/mol. The molecule has 2 fully saturated rings. The van der Waals surface area contributed by atoms with Crippen molar-refractivity contribution in [2.24, 2.45) is 5.92 Å². The van der Waals surface area contributed by atoms with Gasteiger partial charge in [0.25, 0.3) is 0 Å². The van der Waals surface area contributed by atoms with E-state index in [0.29, 0.717) is 6.04 Å². The van der Waals surface area contributed by atoms with Gasteiger partial charge in [-0.15, -0.1) is 0 Å². The van der Waals surface area contributed by atoms with Crippen LogP contribution < -0.4 is 10.6 Å². The monoisotopic (exact) mass is 225 g/mol. The molecule has 0 spiro atoms. The molecule has 2 N–H and O–H groups in total. The molecule has 1 heterocycles. The Bertz CT molecular complexity index is 190. The molecule has 2 aliphatic rings. The highest BCUT2D eigenvalue weighted by molar-refractivity contribution is 4.77. The zero-order chi connectivity index (χ0) is 11.2. The minimum Gasteiger partial charge on any atom is -0.316 e. The number of hydrogen-bond acceptors (Lipinski definition) is 3. The number of rotatable bonds is 5. The first-order valence-electron chi connectivity index (χ1n) is 6.97. The van der Waals surface area contributed by atoms with Gasteiger partial charge in [-0.05, 0) is 45.3 Å². The quantitative estimate of drug-likeness (QED) is 0.685. The van der Waals surface area contributed by atoms with Crippen LogP contribution in [-0.4, -0.2) is 50.7 Å². The van der Waals surface area contributed by atoms with Crippen molar-refractivity contribution in [2.45, 2.75) is 38.1 Å². The Morgan fingerprint density at radius 1 is 1.31 bits per heavy atom. The van der Waals surface area contributed by atoms with E-state index < -0.39 is 0 Å². The van der Waals surface area contributed by atoms with Crippen molar-refractivity contribution in [1.29, 1.82) is 0 Å². The number of piperazine rings is 1. The Labute approximate surface area is 100.0 Å². The highest BCUT2D eigenvalue weighted by atomic mass is 15.2. The Balaban J connectivity index is 1.50. The van der Waals surface area contributed by atoms with Gasteiger partial charge in [-0.3, -0.25) is 0 Å². The third-order valence-corrected chi connectivity index (χ3v) is 4.04. The minimum absolute atomic E-state index is 0.704. The molecule has 0 aromatic rings. The van der Waals surface area contributed by atoms with Crippen molar-refractivity contribution < 1.29 is 0 Å². The Kier molecular flexibility index (Phi) is 5.07. The van der Waals surface area contributed by atoms with Gasteiger partial charge in [0, 0.05) is 25.7 Å². The van der Waals surface area contributed by atoms with Crippen LogP contribution >= 0.6 is 0 Å². The maximum Gasteiger partial charge on any atom is 0.0207 e. The largest absolute Gasteiger partial charge is 0.316 e. The topological polar surface area (TPSA) is 27.3 Å². The summed E-state index contributed by atoms with van der Waals surface area (Å²) in [5, 5.41) is 7.23. The van der Waals surface area contributed by atoms with E-state index in [1.54, 1.807) is 0 Å². The summed E-state index contributed by atoms with van der Waals surface area (Å²) in [6, 6.07) is 0.704. The number of likely N-dealkylation sites (N-methyl/N-ethyl adjacent to an activating group) is 1. The van der Waals surface area contributed by atoms with E-state index in [1.807, 2.05) is 0 Å². The molecular formula is C13H27N3. The molecule has 1 aliphatic heterocycles. The fourth-order valence-electron chi connectivity index (χ4n) is 2.98. The lowest BCUT2D eigenvalue weighted by molar-refractivity contribution is 0.230. The van der Waals surface area contributed by atoms with Gasteiger partial charge in [-0.1, -0.05) is 12.8 Å². The fraction of sp³-hybridized carbons (Fsp3) is 1.00. The zero-order valence-corrected chi connectivity index (χ0v) is 10.7. The molecule has 16 heavy (non-hydrogen) atoms. The van der Waals surface area contributed by atoms with Crippen molar-refractivity contribution in [2.75, 3.05) is 39.8 Å². The molecule has 0 amide bonds. The second-order valence-corrected chi connectivity index (χ2v) is 5.56. The van der Waals surface area contributed by atoms with Crippen LogP contribution in [0, 0.1) is 5.92 Å². The smallest absolute Gasteiger partial charge is 0.0207 e. The van der Waals surface area contributed by atoms with Crippen molar-refractivity contribution in [3.8, 4) is 0 Å². The summed E-state index contributed by atoms with van der Waals surface area (Å²) in [6.45, 7) is 6.01. The first-order chi connectivity index (χ1) is 7.84. The summed E-state index contributed by atoms with van der Waals surface area (Å²) in [5.41, 5.74) is 0. The fourth-order valence-corrected chi connectivity index (χ4v) is 2.98. The van der Waals surface area contributed by atoms with Crippen molar-refractivity contribution in [3.05, 3.63) is 0 Å². The van der Waals surface area contributed by atoms with E-state index in [9.17, 15) is 0 Å². The second-order valence-electron chi connectivity index (χ2n) is 5.56. The molecule has 0 aromatic heterocycles. The molecular weight excluding hydrogens is 198 g/mol. The number of nitrogens with zero attached hydrogens (tertiary/aromatic N) is 1. The molecule has 0 bridgehead atoms. The SMILES string of the molecule is CN1CCNC(CCNCC2CCCC2)C1. The standard InChI is InChI=1S/C13H27N3/c1-16-9-8-15-13(11-16)6-7-14-10-12-4-2-3-5-12/h12-15H,2-11H2,1H3. The maximum absolute atomic E-state index is 3.63. The van der Waals surface area contributed by atoms with Crippen LogP contribution in [0.1, 0.15) is 32.1 Å². The third-order valence-electron chi connectivity index (χ3n) is 4.04. The van der Waals surface area contributed by atoms with E-state index in [4.69, 9.17) is 0 Å². The summed E-state index contributed by atoms with van der Waals surface area (Å²) in [5.74, 6) is 0.974. The summed E-state index contributed by atoms with van der Waals surface area (Å²) in [6.07, 6.45) is 7.11. The van der Waals surface area contributed by atoms with Crippen LogP contribution in [0.15, 0.2) is 0 Å². The van der Waals surface area contributed by atoms with Crippen LogP contribution in [-0.2, 0) is 0 Å². The molecule has 1 saturated carbocycles. The van der Waals surface area contributed by atoms with Crippen molar-refractivity contribution in [3.63, 3.8) is 0 Å². The number of nitrogens with one attached hydrogen (secondary N) is 2. The van der Waals surface area contributed by atoms with Crippen LogP contribution in [0.5, 0.6) is 0 Å². The molecule has 1 atom stereocenters. The van der Waals surface area contributed by atoms with Crippen LogP contribution in [0.25, 0.3) is 0 Å². The molecule has 1 unspecified atom stereocenters. The maximum atomic E-state index is 3.63. The molecule has 1 aliphatic carbocycles. The van der Waals surface area contributed by atoms with E-state index >= 15 is 0 Å². The van der Waals surface area contributed by atoms with Gasteiger partial charge in [0.2, 0.25) is 0 Å². The molecule has 94 valence electrons. The number of hydrogen-bond donors (Lipinski definition) is 2. The molecule has 1 saturated heterocycles. The average Bonchev–Trinajstić information content (AvgIpc) is 2.77. The molecule has 2 rings (SSSR count). The summed E-state index contributed by atoms with van der Waals surface area (Å²) in [4.78, 5) is 2.43. The van der Waals surface area contributed by atoms with Gasteiger partial charge in [0.15, 0.2) is 0 Å². The van der Waals surface area contributed by atoms with E-state index in [-0.39, 0.29) is 0 Å². The summed E-state index contributed by atoms with van der Waals surface area (Å²) < 4.78 is 0. The van der Waals surface area contributed by atoms with Crippen LogP contribution in [0.4, 0.5) is 0 Å². The van der Waals surface area contributed by atoms with E-state index in [0.717, 1.165) is 12.5 Å². The first-order valence-corrected chi connectivity index (χ1v) is 6.97. The van der Waals surface area contributed by atoms with Gasteiger partial charge in [0.1, 0.15) is 0 Å². The molecule has 0 aromatic carbocycles. The van der Waals surface area contributed by atoms with Gasteiger partial charge in [-0.2, -0.15) is 0 Å². The molecule has 3 nitrogen and oxygen atoms in total. The van der Waals surface area contributed by atoms with Gasteiger partial charge < -0.3 is 15.5 Å². The molecule has 3 heteroatoms. The normalized spacial score (nSPS) is 28.7. The lowest BCUT2D eigenvalue weighted by Crippen LogP contribution is -2.49. The van der Waals surface area contributed by atoms with Gasteiger partial charge in [-0.25, -0.2) is 0 Å². The van der Waals surface area contributed by atoms with E-state index in [1.165, 1.54) is 58.3 Å².